The van der Waals surface area contributed by atoms with E-state index < -0.39 is 0 Å². The zero-order valence-electron chi connectivity index (χ0n) is 7.97. The van der Waals surface area contributed by atoms with Gasteiger partial charge in [-0.15, -0.1) is 0 Å². The predicted molar refractivity (Wildman–Crippen MR) is 51.3 cm³/mol. The molecule has 0 radical (unpaired) electrons. The van der Waals surface area contributed by atoms with Crippen molar-refractivity contribution in [3.05, 3.63) is 0 Å². The molecule has 0 aromatic heterocycles. The van der Waals surface area contributed by atoms with E-state index in [-0.39, 0.29) is 0 Å². The zero-order chi connectivity index (χ0) is 8.39. The van der Waals surface area contributed by atoms with E-state index in [1.165, 1.54) is 38.6 Å². The topological polar surface area (TPSA) is 24.1 Å². The van der Waals surface area contributed by atoms with E-state index >= 15 is 0 Å². The van der Waals surface area contributed by atoms with Gasteiger partial charge in [0.25, 0.3) is 0 Å². The van der Waals surface area contributed by atoms with Gasteiger partial charge in [0.15, 0.2) is 0 Å². The Labute approximate surface area is 75.1 Å². The molecule has 1 aliphatic heterocycles. The van der Waals surface area contributed by atoms with E-state index in [1.807, 2.05) is 0 Å². The van der Waals surface area contributed by atoms with E-state index in [9.17, 15) is 0 Å². The highest BCUT2D eigenvalue weighted by Gasteiger charge is 2.24. The number of rotatable bonds is 4. The van der Waals surface area contributed by atoms with Gasteiger partial charge >= 0.3 is 0 Å². The lowest BCUT2D eigenvalue weighted by Gasteiger charge is -2.17. The average molecular weight is 168 g/mol. The molecule has 0 aromatic carbocycles. The Kier molecular flexibility index (Phi) is 2.66. The third-order valence-electron chi connectivity index (χ3n) is 2.90. The Bertz CT molecular complexity index is 137. The van der Waals surface area contributed by atoms with Crippen molar-refractivity contribution in [2.75, 3.05) is 6.54 Å². The second-order valence-corrected chi connectivity index (χ2v) is 4.37. The van der Waals surface area contributed by atoms with Crippen molar-refractivity contribution in [3.63, 3.8) is 0 Å². The second-order valence-electron chi connectivity index (χ2n) is 4.37. The lowest BCUT2D eigenvalue weighted by Crippen LogP contribution is -2.34. The standard InChI is InChI=1S/C10H20N2/c1-8(12-9-4-5-9)7-10-3-2-6-11-10/h8-12H,2-7H2,1H3. The van der Waals surface area contributed by atoms with Crippen molar-refractivity contribution >= 4 is 0 Å². The maximum atomic E-state index is 3.64. The SMILES string of the molecule is CC(CC1CCCN1)NC1CC1. The second kappa shape index (κ2) is 3.75. The van der Waals surface area contributed by atoms with E-state index in [4.69, 9.17) is 0 Å². The molecule has 0 spiro atoms. The molecule has 2 rings (SSSR count). The van der Waals surface area contributed by atoms with Crippen molar-refractivity contribution in [1.29, 1.82) is 0 Å². The van der Waals surface area contributed by atoms with Gasteiger partial charge in [-0.05, 0) is 45.6 Å². The highest BCUT2D eigenvalue weighted by Crippen LogP contribution is 2.20. The molecule has 0 bridgehead atoms. The van der Waals surface area contributed by atoms with Crippen LogP contribution in [0.1, 0.15) is 39.0 Å². The third kappa shape index (κ3) is 2.46. The Hall–Kier alpha value is -0.0800. The van der Waals surface area contributed by atoms with Gasteiger partial charge in [-0.1, -0.05) is 0 Å². The van der Waals surface area contributed by atoms with Gasteiger partial charge < -0.3 is 10.6 Å². The molecule has 1 saturated heterocycles. The number of nitrogens with one attached hydrogen (secondary N) is 2. The van der Waals surface area contributed by atoms with Crippen LogP contribution in [0.2, 0.25) is 0 Å². The van der Waals surface area contributed by atoms with Gasteiger partial charge in [0.1, 0.15) is 0 Å². The van der Waals surface area contributed by atoms with Crippen LogP contribution >= 0.6 is 0 Å². The summed E-state index contributed by atoms with van der Waals surface area (Å²) in [5.74, 6) is 0. The summed E-state index contributed by atoms with van der Waals surface area (Å²) in [7, 11) is 0. The summed E-state index contributed by atoms with van der Waals surface area (Å²) in [5, 5.41) is 7.18. The van der Waals surface area contributed by atoms with E-state index in [1.54, 1.807) is 0 Å². The van der Waals surface area contributed by atoms with Crippen molar-refractivity contribution in [2.24, 2.45) is 0 Å². The molecule has 2 atom stereocenters. The fraction of sp³-hybridized carbons (Fsp3) is 1.00. The van der Waals surface area contributed by atoms with Crippen LogP contribution in [0.4, 0.5) is 0 Å². The third-order valence-corrected chi connectivity index (χ3v) is 2.90. The molecular weight excluding hydrogens is 148 g/mol. The first kappa shape index (κ1) is 8.52. The van der Waals surface area contributed by atoms with Crippen LogP contribution in [-0.2, 0) is 0 Å². The van der Waals surface area contributed by atoms with E-state index in [0.717, 1.165) is 12.1 Å². The monoisotopic (exact) mass is 168 g/mol. The largest absolute Gasteiger partial charge is 0.314 e. The van der Waals surface area contributed by atoms with Crippen molar-refractivity contribution < 1.29 is 0 Å². The van der Waals surface area contributed by atoms with Crippen LogP contribution in [0.15, 0.2) is 0 Å². The average Bonchev–Trinajstić information content (AvgIpc) is 2.66. The van der Waals surface area contributed by atoms with Crippen LogP contribution in [0.3, 0.4) is 0 Å². The van der Waals surface area contributed by atoms with Crippen LogP contribution in [0.5, 0.6) is 0 Å². The van der Waals surface area contributed by atoms with E-state index in [2.05, 4.69) is 17.6 Å². The first-order valence-electron chi connectivity index (χ1n) is 5.34. The van der Waals surface area contributed by atoms with Crippen molar-refractivity contribution in [1.82, 2.24) is 10.6 Å². The molecule has 2 fully saturated rings. The highest BCUT2D eigenvalue weighted by atomic mass is 15.0. The Morgan fingerprint density at radius 3 is 2.83 bits per heavy atom. The summed E-state index contributed by atoms with van der Waals surface area (Å²) in [6, 6.07) is 2.38. The molecule has 2 N–H and O–H groups in total. The van der Waals surface area contributed by atoms with Crippen LogP contribution in [0.25, 0.3) is 0 Å². The molecule has 0 amide bonds. The number of hydrogen-bond donors (Lipinski definition) is 2. The summed E-state index contributed by atoms with van der Waals surface area (Å²) in [4.78, 5) is 0. The molecule has 70 valence electrons. The van der Waals surface area contributed by atoms with Gasteiger partial charge in [0.05, 0.1) is 0 Å². The minimum absolute atomic E-state index is 0.716. The normalized spacial score (nSPS) is 32.2. The van der Waals surface area contributed by atoms with Gasteiger partial charge in [-0.3, -0.25) is 0 Å². The molecular formula is C10H20N2. The zero-order valence-corrected chi connectivity index (χ0v) is 7.97. The first-order chi connectivity index (χ1) is 5.84. The molecule has 2 aliphatic rings. The molecule has 0 aromatic rings. The molecule has 1 aliphatic carbocycles. The fourth-order valence-corrected chi connectivity index (χ4v) is 2.11. The Balaban J connectivity index is 1.62. The predicted octanol–water partition coefficient (Wildman–Crippen LogP) is 1.27. The minimum Gasteiger partial charge on any atom is -0.314 e. The molecule has 2 heteroatoms. The van der Waals surface area contributed by atoms with Crippen LogP contribution in [-0.4, -0.2) is 24.7 Å². The quantitative estimate of drug-likeness (QED) is 0.660. The lowest BCUT2D eigenvalue weighted by atomic mass is 10.1. The van der Waals surface area contributed by atoms with Gasteiger partial charge in [-0.2, -0.15) is 0 Å². The molecule has 1 saturated carbocycles. The maximum Gasteiger partial charge on any atom is 0.00822 e. The summed E-state index contributed by atoms with van der Waals surface area (Å²) in [5.41, 5.74) is 0. The van der Waals surface area contributed by atoms with Crippen molar-refractivity contribution in [3.8, 4) is 0 Å². The maximum absolute atomic E-state index is 3.64. The summed E-state index contributed by atoms with van der Waals surface area (Å²) < 4.78 is 0. The first-order valence-corrected chi connectivity index (χ1v) is 5.34. The number of hydrogen-bond acceptors (Lipinski definition) is 2. The van der Waals surface area contributed by atoms with Gasteiger partial charge in [-0.25, -0.2) is 0 Å². The van der Waals surface area contributed by atoms with Crippen LogP contribution in [0, 0.1) is 0 Å². The summed E-state index contributed by atoms with van der Waals surface area (Å²) in [6.07, 6.45) is 6.89. The van der Waals surface area contributed by atoms with Gasteiger partial charge in [0, 0.05) is 18.1 Å². The Morgan fingerprint density at radius 2 is 2.25 bits per heavy atom. The Morgan fingerprint density at radius 1 is 1.42 bits per heavy atom. The highest BCUT2D eigenvalue weighted by molar-refractivity contribution is 4.86. The molecule has 12 heavy (non-hydrogen) atoms. The molecule has 2 unspecified atom stereocenters. The molecule has 1 heterocycles. The fourth-order valence-electron chi connectivity index (χ4n) is 2.11. The summed E-state index contributed by atoms with van der Waals surface area (Å²) >= 11 is 0. The smallest absolute Gasteiger partial charge is 0.00822 e. The minimum atomic E-state index is 0.716. The lowest BCUT2D eigenvalue weighted by molar-refractivity contribution is 0.439. The molecule has 2 nitrogen and oxygen atoms in total. The van der Waals surface area contributed by atoms with Crippen molar-refractivity contribution in [2.45, 2.75) is 57.2 Å². The van der Waals surface area contributed by atoms with E-state index in [0.29, 0.717) is 6.04 Å². The summed E-state index contributed by atoms with van der Waals surface area (Å²) in [6.45, 7) is 3.55. The van der Waals surface area contributed by atoms with Crippen LogP contribution < -0.4 is 10.6 Å². The van der Waals surface area contributed by atoms with Gasteiger partial charge in [0.2, 0.25) is 0 Å².